The SMILES string of the molecule is [O-][N+](=Cc1ccccc1OCO)c1ccccc1. The zero-order chi connectivity index (χ0) is 12.8. The predicted octanol–water partition coefficient (Wildman–Crippen LogP) is 2.28. The van der Waals surface area contributed by atoms with Crippen LogP contribution >= 0.6 is 0 Å². The standard InChI is InChI=1S/C14H13NO3/c16-11-18-14-9-5-4-6-12(14)10-15(17)13-7-2-1-3-8-13/h1-10,16H,11H2. The molecule has 0 spiro atoms. The summed E-state index contributed by atoms with van der Waals surface area (Å²) in [4.78, 5) is 0. The molecule has 0 aliphatic heterocycles. The molecule has 0 amide bonds. The molecule has 2 aromatic carbocycles. The minimum atomic E-state index is -0.422. The Morgan fingerprint density at radius 1 is 1.06 bits per heavy atom. The molecule has 0 bridgehead atoms. The van der Waals surface area contributed by atoms with Gasteiger partial charge in [-0.3, -0.25) is 0 Å². The highest BCUT2D eigenvalue weighted by Crippen LogP contribution is 2.17. The Labute approximate surface area is 105 Å². The number of hydrogen-bond donors (Lipinski definition) is 1. The summed E-state index contributed by atoms with van der Waals surface area (Å²) in [6.45, 7) is -0.422. The van der Waals surface area contributed by atoms with Gasteiger partial charge in [-0.25, -0.2) is 0 Å². The van der Waals surface area contributed by atoms with E-state index in [-0.39, 0.29) is 0 Å². The van der Waals surface area contributed by atoms with Crippen LogP contribution in [0.15, 0.2) is 54.6 Å². The first kappa shape index (κ1) is 12.1. The fraction of sp³-hybridized carbons (Fsp3) is 0.0714. The Bertz CT molecular complexity index is 538. The molecule has 4 nitrogen and oxygen atoms in total. The minimum absolute atomic E-state index is 0.422. The number of aliphatic hydroxyl groups is 1. The van der Waals surface area contributed by atoms with Gasteiger partial charge in [0.2, 0.25) is 5.69 Å². The Balaban J connectivity index is 2.33. The van der Waals surface area contributed by atoms with Crippen molar-refractivity contribution in [1.82, 2.24) is 0 Å². The highest BCUT2D eigenvalue weighted by Gasteiger charge is 2.05. The van der Waals surface area contributed by atoms with Crippen LogP contribution in [0.5, 0.6) is 5.75 Å². The van der Waals surface area contributed by atoms with Crippen molar-refractivity contribution in [1.29, 1.82) is 0 Å². The van der Waals surface area contributed by atoms with E-state index in [0.717, 1.165) is 4.74 Å². The van der Waals surface area contributed by atoms with Crippen LogP contribution in [-0.2, 0) is 0 Å². The van der Waals surface area contributed by atoms with Gasteiger partial charge in [0.25, 0.3) is 0 Å². The van der Waals surface area contributed by atoms with Gasteiger partial charge in [0.1, 0.15) is 5.75 Å². The highest BCUT2D eigenvalue weighted by molar-refractivity contribution is 5.80. The van der Waals surface area contributed by atoms with Crippen molar-refractivity contribution >= 4 is 11.9 Å². The van der Waals surface area contributed by atoms with E-state index in [0.29, 0.717) is 17.0 Å². The van der Waals surface area contributed by atoms with Crippen molar-refractivity contribution in [3.05, 3.63) is 65.4 Å². The van der Waals surface area contributed by atoms with Crippen molar-refractivity contribution in [2.24, 2.45) is 0 Å². The number of para-hydroxylation sites is 2. The topological polar surface area (TPSA) is 55.5 Å². The van der Waals surface area contributed by atoms with Crippen LogP contribution in [-0.4, -0.2) is 22.9 Å². The number of benzene rings is 2. The first-order valence-electron chi connectivity index (χ1n) is 5.50. The van der Waals surface area contributed by atoms with Gasteiger partial charge in [-0.1, -0.05) is 30.3 Å². The van der Waals surface area contributed by atoms with Crippen molar-refractivity contribution in [2.45, 2.75) is 0 Å². The van der Waals surface area contributed by atoms with Crippen LogP contribution in [0.2, 0.25) is 0 Å². The Morgan fingerprint density at radius 2 is 1.72 bits per heavy atom. The van der Waals surface area contributed by atoms with Gasteiger partial charge >= 0.3 is 0 Å². The van der Waals surface area contributed by atoms with E-state index in [1.165, 1.54) is 6.21 Å². The van der Waals surface area contributed by atoms with Crippen LogP contribution < -0.4 is 4.74 Å². The van der Waals surface area contributed by atoms with Gasteiger partial charge in [0.05, 0.1) is 5.56 Å². The second kappa shape index (κ2) is 5.84. The zero-order valence-corrected chi connectivity index (χ0v) is 9.69. The normalized spacial score (nSPS) is 11.3. The lowest BCUT2D eigenvalue weighted by Crippen LogP contribution is -2.03. The molecule has 2 rings (SSSR count). The van der Waals surface area contributed by atoms with E-state index >= 15 is 0 Å². The summed E-state index contributed by atoms with van der Waals surface area (Å²) in [5, 5.41) is 20.7. The summed E-state index contributed by atoms with van der Waals surface area (Å²) in [5.74, 6) is 0.469. The Kier molecular flexibility index (Phi) is 3.94. The fourth-order valence-electron chi connectivity index (χ4n) is 1.56. The molecule has 0 aliphatic carbocycles. The van der Waals surface area contributed by atoms with Crippen LogP contribution in [0, 0.1) is 5.21 Å². The van der Waals surface area contributed by atoms with E-state index < -0.39 is 6.79 Å². The molecule has 92 valence electrons. The van der Waals surface area contributed by atoms with E-state index in [1.54, 1.807) is 48.5 Å². The Morgan fingerprint density at radius 3 is 2.44 bits per heavy atom. The number of aliphatic hydroxyl groups excluding tert-OH is 1. The lowest BCUT2D eigenvalue weighted by molar-refractivity contribution is -0.354. The maximum Gasteiger partial charge on any atom is 0.216 e. The third-order valence-corrected chi connectivity index (χ3v) is 2.41. The van der Waals surface area contributed by atoms with Gasteiger partial charge in [-0.15, -0.1) is 0 Å². The van der Waals surface area contributed by atoms with Crippen LogP contribution in [0.3, 0.4) is 0 Å². The molecule has 18 heavy (non-hydrogen) atoms. The van der Waals surface area contributed by atoms with E-state index in [2.05, 4.69) is 0 Å². The lowest BCUT2D eigenvalue weighted by atomic mass is 10.2. The molecule has 4 heteroatoms. The first-order valence-corrected chi connectivity index (χ1v) is 5.50. The number of hydrogen-bond acceptors (Lipinski definition) is 3. The van der Waals surface area contributed by atoms with Crippen molar-refractivity contribution in [2.75, 3.05) is 6.79 Å². The van der Waals surface area contributed by atoms with Crippen molar-refractivity contribution in [3.8, 4) is 5.75 Å². The molecule has 0 radical (unpaired) electrons. The van der Waals surface area contributed by atoms with Crippen molar-refractivity contribution in [3.63, 3.8) is 0 Å². The van der Waals surface area contributed by atoms with Gasteiger partial charge in [-0.05, 0) is 12.1 Å². The van der Waals surface area contributed by atoms with Gasteiger partial charge in [0, 0.05) is 12.1 Å². The largest absolute Gasteiger partial charge is 0.618 e. The minimum Gasteiger partial charge on any atom is -0.618 e. The molecule has 0 atom stereocenters. The number of ether oxygens (including phenoxy) is 1. The average molecular weight is 243 g/mol. The molecule has 2 aromatic rings. The summed E-state index contributed by atoms with van der Waals surface area (Å²) in [6, 6.07) is 15.9. The summed E-state index contributed by atoms with van der Waals surface area (Å²) >= 11 is 0. The summed E-state index contributed by atoms with van der Waals surface area (Å²) in [7, 11) is 0. The third kappa shape index (κ3) is 2.87. The monoisotopic (exact) mass is 243 g/mol. The summed E-state index contributed by atoms with van der Waals surface area (Å²) < 4.78 is 5.80. The average Bonchev–Trinajstić information content (AvgIpc) is 2.42. The van der Waals surface area contributed by atoms with Gasteiger partial charge < -0.3 is 15.1 Å². The molecule has 0 aromatic heterocycles. The number of rotatable bonds is 4. The van der Waals surface area contributed by atoms with Crippen molar-refractivity contribution < 1.29 is 14.6 Å². The molecule has 0 heterocycles. The maximum absolute atomic E-state index is 11.9. The van der Waals surface area contributed by atoms with E-state index in [1.807, 2.05) is 6.07 Å². The predicted molar refractivity (Wildman–Crippen MR) is 69.1 cm³/mol. The third-order valence-electron chi connectivity index (χ3n) is 2.41. The second-order valence-electron chi connectivity index (χ2n) is 3.60. The maximum atomic E-state index is 11.9. The molecular formula is C14H13NO3. The molecular weight excluding hydrogens is 230 g/mol. The smallest absolute Gasteiger partial charge is 0.216 e. The van der Waals surface area contributed by atoms with Gasteiger partial charge in [-0.2, -0.15) is 4.74 Å². The van der Waals surface area contributed by atoms with Crippen LogP contribution in [0.1, 0.15) is 5.56 Å². The molecule has 0 fully saturated rings. The summed E-state index contributed by atoms with van der Waals surface area (Å²) in [6.07, 6.45) is 1.42. The molecule has 0 unspecified atom stereocenters. The Hall–Kier alpha value is -2.33. The molecule has 0 aliphatic rings. The second-order valence-corrected chi connectivity index (χ2v) is 3.60. The lowest BCUT2D eigenvalue weighted by Gasteiger charge is -2.06. The van der Waals surface area contributed by atoms with E-state index in [9.17, 15) is 5.21 Å². The quantitative estimate of drug-likeness (QED) is 0.295. The molecule has 0 saturated heterocycles. The van der Waals surface area contributed by atoms with Crippen LogP contribution in [0.25, 0.3) is 0 Å². The van der Waals surface area contributed by atoms with E-state index in [4.69, 9.17) is 9.84 Å². The molecule has 0 saturated carbocycles. The summed E-state index contributed by atoms with van der Waals surface area (Å²) in [5.41, 5.74) is 1.15. The highest BCUT2D eigenvalue weighted by atomic mass is 16.6. The number of nitrogens with zero attached hydrogens (tertiary/aromatic N) is 1. The first-order chi connectivity index (χ1) is 8.81. The zero-order valence-electron chi connectivity index (χ0n) is 9.69. The fourth-order valence-corrected chi connectivity index (χ4v) is 1.56. The van der Waals surface area contributed by atoms with Crippen LogP contribution in [0.4, 0.5) is 5.69 Å². The van der Waals surface area contributed by atoms with Gasteiger partial charge in [0.15, 0.2) is 13.0 Å². The molecule has 1 N–H and O–H groups in total.